The largest absolute Gasteiger partial charge is 0.330 e. The van der Waals surface area contributed by atoms with E-state index in [1.54, 1.807) is 22.8 Å². The zero-order valence-corrected chi connectivity index (χ0v) is 11.8. The number of benzene rings is 2. The molecule has 0 saturated heterocycles. The first kappa shape index (κ1) is 12.7. The van der Waals surface area contributed by atoms with E-state index in [1.165, 1.54) is 12.1 Å². The lowest BCUT2D eigenvalue weighted by Crippen LogP contribution is -1.94. The first-order valence-corrected chi connectivity index (χ1v) is 6.58. The van der Waals surface area contributed by atoms with Crippen LogP contribution in [0.25, 0.3) is 16.7 Å². The Morgan fingerprint density at radius 3 is 2.63 bits per heavy atom. The van der Waals surface area contributed by atoms with Crippen molar-refractivity contribution in [3.8, 4) is 5.69 Å². The summed E-state index contributed by atoms with van der Waals surface area (Å²) in [5, 5.41) is 0.677. The summed E-state index contributed by atoms with van der Waals surface area (Å²) in [6, 6.07) is 9.88. The first-order chi connectivity index (χ1) is 9.06. The quantitative estimate of drug-likeness (QED) is 0.617. The number of H-pyrrole nitrogens is 1. The summed E-state index contributed by atoms with van der Waals surface area (Å²) in [5.74, 6) is -0.458. The molecule has 96 valence electrons. The van der Waals surface area contributed by atoms with E-state index in [-0.39, 0.29) is 5.02 Å². The first-order valence-electron chi connectivity index (χ1n) is 5.42. The van der Waals surface area contributed by atoms with Crippen molar-refractivity contribution in [3.63, 3.8) is 0 Å². The Kier molecular flexibility index (Phi) is 3.09. The second kappa shape index (κ2) is 4.63. The van der Waals surface area contributed by atoms with Crippen LogP contribution in [0.4, 0.5) is 4.39 Å². The van der Waals surface area contributed by atoms with Gasteiger partial charge in [0.1, 0.15) is 5.82 Å². The van der Waals surface area contributed by atoms with Crippen LogP contribution in [-0.4, -0.2) is 9.55 Å². The fourth-order valence-corrected chi connectivity index (χ4v) is 2.62. The van der Waals surface area contributed by atoms with Gasteiger partial charge in [0.25, 0.3) is 0 Å². The van der Waals surface area contributed by atoms with Crippen LogP contribution in [0.5, 0.6) is 0 Å². The molecule has 0 aliphatic heterocycles. The lowest BCUT2D eigenvalue weighted by Gasteiger charge is -2.05. The van der Waals surface area contributed by atoms with Gasteiger partial charge in [0.15, 0.2) is 4.77 Å². The number of aromatic nitrogens is 2. The van der Waals surface area contributed by atoms with E-state index in [9.17, 15) is 4.39 Å². The van der Waals surface area contributed by atoms with Gasteiger partial charge in [-0.15, -0.1) is 0 Å². The Morgan fingerprint density at radius 1 is 1.11 bits per heavy atom. The highest BCUT2D eigenvalue weighted by molar-refractivity contribution is 7.71. The highest BCUT2D eigenvalue weighted by Gasteiger charge is 2.09. The fourth-order valence-electron chi connectivity index (χ4n) is 1.96. The van der Waals surface area contributed by atoms with E-state index < -0.39 is 5.82 Å². The zero-order valence-electron chi connectivity index (χ0n) is 9.45. The molecule has 19 heavy (non-hydrogen) atoms. The van der Waals surface area contributed by atoms with Crippen LogP contribution in [0.15, 0.2) is 36.4 Å². The van der Waals surface area contributed by atoms with E-state index in [2.05, 4.69) is 4.98 Å². The Labute approximate surface area is 123 Å². The fraction of sp³-hybridized carbons (Fsp3) is 0. The summed E-state index contributed by atoms with van der Waals surface area (Å²) < 4.78 is 15.5. The lowest BCUT2D eigenvalue weighted by atomic mass is 10.2. The van der Waals surface area contributed by atoms with Crippen LogP contribution >= 0.6 is 35.4 Å². The standard InChI is InChI=1S/C13H7Cl2FN2S/c14-7-1-4-12-11(5-7)17-13(19)18(12)8-2-3-10(16)9(15)6-8/h1-6H,(H,17,19). The van der Waals surface area contributed by atoms with Gasteiger partial charge >= 0.3 is 0 Å². The molecule has 0 unspecified atom stereocenters. The van der Waals surface area contributed by atoms with Crippen molar-refractivity contribution in [1.29, 1.82) is 0 Å². The van der Waals surface area contributed by atoms with Crippen LogP contribution in [0.2, 0.25) is 10.0 Å². The predicted molar refractivity (Wildman–Crippen MR) is 78.4 cm³/mol. The molecule has 0 aliphatic carbocycles. The second-order valence-corrected chi connectivity index (χ2v) is 5.26. The Hall–Kier alpha value is -1.36. The predicted octanol–water partition coefficient (Wildman–Crippen LogP) is 5.13. The molecule has 3 aromatic rings. The number of halogens is 3. The summed E-state index contributed by atoms with van der Waals surface area (Å²) >= 11 is 17.0. The molecule has 0 spiro atoms. The van der Waals surface area contributed by atoms with Gasteiger partial charge in [0, 0.05) is 5.02 Å². The van der Waals surface area contributed by atoms with Crippen LogP contribution in [0.1, 0.15) is 0 Å². The number of nitrogens with zero attached hydrogens (tertiary/aromatic N) is 1. The molecule has 3 rings (SSSR count). The smallest absolute Gasteiger partial charge is 0.182 e. The van der Waals surface area contributed by atoms with Crippen molar-refractivity contribution in [2.45, 2.75) is 0 Å². The number of fused-ring (bicyclic) bond motifs is 1. The maximum Gasteiger partial charge on any atom is 0.182 e. The van der Waals surface area contributed by atoms with E-state index in [0.717, 1.165) is 11.0 Å². The van der Waals surface area contributed by atoms with Gasteiger partial charge in [-0.3, -0.25) is 4.57 Å². The van der Waals surface area contributed by atoms with Crippen molar-refractivity contribution in [1.82, 2.24) is 9.55 Å². The third-order valence-electron chi connectivity index (χ3n) is 2.81. The molecule has 0 aliphatic rings. The molecule has 2 aromatic carbocycles. The van der Waals surface area contributed by atoms with E-state index in [0.29, 0.717) is 15.5 Å². The molecule has 0 amide bonds. The number of aromatic amines is 1. The number of imidazole rings is 1. The molecule has 1 N–H and O–H groups in total. The van der Waals surface area contributed by atoms with Gasteiger partial charge in [-0.2, -0.15) is 0 Å². The molecule has 1 aromatic heterocycles. The molecule has 0 atom stereocenters. The van der Waals surface area contributed by atoms with Gasteiger partial charge in [-0.1, -0.05) is 23.2 Å². The van der Waals surface area contributed by atoms with Crippen LogP contribution in [-0.2, 0) is 0 Å². The van der Waals surface area contributed by atoms with Crippen molar-refractivity contribution >= 4 is 46.5 Å². The highest BCUT2D eigenvalue weighted by atomic mass is 35.5. The van der Waals surface area contributed by atoms with Gasteiger partial charge < -0.3 is 4.98 Å². The van der Waals surface area contributed by atoms with Crippen molar-refractivity contribution in [2.24, 2.45) is 0 Å². The Bertz CT molecular complexity index is 838. The lowest BCUT2D eigenvalue weighted by molar-refractivity contribution is 0.628. The molecule has 0 radical (unpaired) electrons. The minimum absolute atomic E-state index is 0.0581. The van der Waals surface area contributed by atoms with Gasteiger partial charge in [-0.25, -0.2) is 4.39 Å². The van der Waals surface area contributed by atoms with Crippen LogP contribution in [0.3, 0.4) is 0 Å². The normalized spacial score (nSPS) is 11.1. The van der Waals surface area contributed by atoms with Gasteiger partial charge in [0.05, 0.1) is 21.7 Å². The molecule has 6 heteroatoms. The third-order valence-corrected chi connectivity index (χ3v) is 3.61. The molecule has 0 saturated carbocycles. The summed E-state index contributed by atoms with van der Waals surface area (Å²) in [6.07, 6.45) is 0. The second-order valence-electron chi connectivity index (χ2n) is 4.03. The van der Waals surface area contributed by atoms with Crippen LogP contribution in [0, 0.1) is 10.6 Å². The van der Waals surface area contributed by atoms with Gasteiger partial charge in [-0.05, 0) is 48.6 Å². The average Bonchev–Trinajstić information content (AvgIpc) is 2.68. The summed E-state index contributed by atoms with van der Waals surface area (Å²) in [6.45, 7) is 0. The van der Waals surface area contributed by atoms with Crippen molar-refractivity contribution < 1.29 is 4.39 Å². The summed E-state index contributed by atoms with van der Waals surface area (Å²) in [5.41, 5.74) is 2.37. The maximum atomic E-state index is 13.2. The van der Waals surface area contributed by atoms with Crippen molar-refractivity contribution in [3.05, 3.63) is 57.0 Å². The van der Waals surface area contributed by atoms with Crippen LogP contribution < -0.4 is 0 Å². The van der Waals surface area contributed by atoms with E-state index in [1.807, 2.05) is 6.07 Å². The monoisotopic (exact) mass is 312 g/mol. The molecule has 2 nitrogen and oxygen atoms in total. The van der Waals surface area contributed by atoms with Crippen molar-refractivity contribution in [2.75, 3.05) is 0 Å². The average molecular weight is 313 g/mol. The Morgan fingerprint density at radius 2 is 1.89 bits per heavy atom. The number of nitrogens with one attached hydrogen (secondary N) is 1. The number of rotatable bonds is 1. The highest BCUT2D eigenvalue weighted by Crippen LogP contribution is 2.25. The summed E-state index contributed by atoms with van der Waals surface area (Å²) in [7, 11) is 0. The topological polar surface area (TPSA) is 20.7 Å². The number of hydrogen-bond donors (Lipinski definition) is 1. The zero-order chi connectivity index (χ0) is 13.6. The number of hydrogen-bond acceptors (Lipinski definition) is 1. The van der Waals surface area contributed by atoms with E-state index in [4.69, 9.17) is 35.4 Å². The maximum absolute atomic E-state index is 13.2. The minimum Gasteiger partial charge on any atom is -0.330 e. The van der Waals surface area contributed by atoms with Gasteiger partial charge in [0.2, 0.25) is 0 Å². The third kappa shape index (κ3) is 2.16. The molecule has 0 bridgehead atoms. The summed E-state index contributed by atoms with van der Waals surface area (Å²) in [4.78, 5) is 3.06. The van der Waals surface area contributed by atoms with E-state index >= 15 is 0 Å². The molecule has 1 heterocycles. The Balaban J connectivity index is 2.32. The molecule has 0 fully saturated rings. The molecular formula is C13H7Cl2FN2S. The molecular weight excluding hydrogens is 306 g/mol. The minimum atomic E-state index is -0.458. The SMILES string of the molecule is Fc1ccc(-n2c(=S)[nH]c3cc(Cl)ccc32)cc1Cl.